The van der Waals surface area contributed by atoms with Gasteiger partial charge >= 0.3 is 5.97 Å². The Labute approximate surface area is 106 Å². The van der Waals surface area contributed by atoms with Crippen LogP contribution in [0, 0.1) is 5.92 Å². The zero-order valence-electron chi connectivity index (χ0n) is 10.6. The summed E-state index contributed by atoms with van der Waals surface area (Å²) in [6.45, 7) is 2.03. The van der Waals surface area contributed by atoms with Gasteiger partial charge < -0.3 is 10.1 Å². The van der Waals surface area contributed by atoms with Crippen LogP contribution in [0.15, 0.2) is 24.3 Å². The van der Waals surface area contributed by atoms with Crippen LogP contribution in [0.4, 0.5) is 0 Å². The van der Waals surface area contributed by atoms with Gasteiger partial charge in [0.1, 0.15) is 0 Å². The van der Waals surface area contributed by atoms with Crippen LogP contribution in [0.1, 0.15) is 40.5 Å². The molecule has 4 nitrogen and oxygen atoms in total. The van der Waals surface area contributed by atoms with E-state index < -0.39 is 5.97 Å². The topological polar surface area (TPSA) is 55.4 Å². The molecule has 1 N–H and O–H groups in total. The zero-order chi connectivity index (χ0) is 13.1. The SMILES string of the molecule is COC(=O)c1ccc(C(=O)NC(C)C2CC2)cc1. The Morgan fingerprint density at radius 2 is 1.78 bits per heavy atom. The number of rotatable bonds is 4. The molecule has 0 aromatic heterocycles. The van der Waals surface area contributed by atoms with Gasteiger partial charge in [0.25, 0.3) is 5.91 Å². The van der Waals surface area contributed by atoms with E-state index in [1.54, 1.807) is 24.3 Å². The van der Waals surface area contributed by atoms with E-state index in [1.807, 2.05) is 6.92 Å². The van der Waals surface area contributed by atoms with Crippen LogP contribution in [0.5, 0.6) is 0 Å². The lowest BCUT2D eigenvalue weighted by molar-refractivity contribution is 0.0600. The van der Waals surface area contributed by atoms with Crippen LogP contribution in [0.25, 0.3) is 0 Å². The average molecular weight is 247 g/mol. The molecule has 1 atom stereocenters. The molecule has 2 rings (SSSR count). The molecule has 1 saturated carbocycles. The van der Waals surface area contributed by atoms with Gasteiger partial charge in [-0.1, -0.05) is 0 Å². The molecule has 0 aliphatic heterocycles. The van der Waals surface area contributed by atoms with Crippen LogP contribution in [-0.2, 0) is 4.74 Å². The number of methoxy groups -OCH3 is 1. The van der Waals surface area contributed by atoms with Gasteiger partial charge in [-0.2, -0.15) is 0 Å². The van der Waals surface area contributed by atoms with Crippen molar-refractivity contribution in [2.24, 2.45) is 5.92 Å². The molecule has 1 aliphatic rings. The summed E-state index contributed by atoms with van der Waals surface area (Å²) in [6, 6.07) is 6.70. The van der Waals surface area contributed by atoms with Gasteiger partial charge in [0.15, 0.2) is 0 Å². The highest BCUT2D eigenvalue weighted by atomic mass is 16.5. The van der Waals surface area contributed by atoms with Crippen molar-refractivity contribution in [2.45, 2.75) is 25.8 Å². The average Bonchev–Trinajstić information content (AvgIpc) is 3.22. The first kappa shape index (κ1) is 12.6. The first-order valence-corrected chi connectivity index (χ1v) is 6.11. The molecular weight excluding hydrogens is 230 g/mol. The molecule has 0 spiro atoms. The van der Waals surface area contributed by atoms with Crippen LogP contribution < -0.4 is 5.32 Å². The van der Waals surface area contributed by atoms with Gasteiger partial charge in [-0.25, -0.2) is 4.79 Å². The lowest BCUT2D eigenvalue weighted by Crippen LogP contribution is -2.33. The predicted molar refractivity (Wildman–Crippen MR) is 67.4 cm³/mol. The number of carbonyl (C=O) groups is 2. The first-order valence-electron chi connectivity index (χ1n) is 6.11. The van der Waals surface area contributed by atoms with Gasteiger partial charge in [-0.3, -0.25) is 4.79 Å². The van der Waals surface area contributed by atoms with Crippen LogP contribution >= 0.6 is 0 Å². The highest BCUT2D eigenvalue weighted by molar-refractivity contribution is 5.96. The van der Waals surface area contributed by atoms with Gasteiger partial charge in [-0.15, -0.1) is 0 Å². The maximum Gasteiger partial charge on any atom is 0.337 e. The number of hydrogen-bond donors (Lipinski definition) is 1. The van der Waals surface area contributed by atoms with E-state index in [0.717, 1.165) is 0 Å². The summed E-state index contributed by atoms with van der Waals surface area (Å²) in [5.74, 6) is 0.141. The van der Waals surface area contributed by atoms with E-state index in [1.165, 1.54) is 20.0 Å². The maximum atomic E-state index is 11.9. The normalized spacial score (nSPS) is 15.9. The molecule has 0 bridgehead atoms. The van der Waals surface area contributed by atoms with E-state index in [-0.39, 0.29) is 11.9 Å². The van der Waals surface area contributed by atoms with Crippen molar-refractivity contribution >= 4 is 11.9 Å². The van der Waals surface area contributed by atoms with E-state index in [9.17, 15) is 9.59 Å². The lowest BCUT2D eigenvalue weighted by Gasteiger charge is -2.12. The van der Waals surface area contributed by atoms with E-state index in [2.05, 4.69) is 10.1 Å². The van der Waals surface area contributed by atoms with Crippen molar-refractivity contribution in [2.75, 3.05) is 7.11 Å². The molecule has 0 radical (unpaired) electrons. The zero-order valence-corrected chi connectivity index (χ0v) is 10.6. The second kappa shape index (κ2) is 5.21. The fraction of sp³-hybridized carbons (Fsp3) is 0.429. The molecule has 1 fully saturated rings. The van der Waals surface area contributed by atoms with Gasteiger partial charge in [0.2, 0.25) is 0 Å². The third-order valence-electron chi connectivity index (χ3n) is 3.26. The number of esters is 1. The molecule has 1 amide bonds. The predicted octanol–water partition coefficient (Wildman–Crippen LogP) is 2.00. The quantitative estimate of drug-likeness (QED) is 0.828. The molecule has 1 unspecified atom stereocenters. The molecular formula is C14H17NO3. The first-order chi connectivity index (χ1) is 8.61. The van der Waals surface area contributed by atoms with Crippen molar-refractivity contribution < 1.29 is 14.3 Å². The number of ether oxygens (including phenoxy) is 1. The van der Waals surface area contributed by atoms with Crippen molar-refractivity contribution in [1.29, 1.82) is 0 Å². The molecule has 18 heavy (non-hydrogen) atoms. The fourth-order valence-electron chi connectivity index (χ4n) is 1.88. The number of amides is 1. The Bertz CT molecular complexity index is 449. The maximum absolute atomic E-state index is 11.9. The van der Waals surface area contributed by atoms with Crippen LogP contribution in [0.3, 0.4) is 0 Å². The minimum atomic E-state index is -0.395. The minimum Gasteiger partial charge on any atom is -0.465 e. The molecule has 1 aromatic rings. The smallest absolute Gasteiger partial charge is 0.337 e. The summed E-state index contributed by atoms with van der Waals surface area (Å²) in [4.78, 5) is 23.2. The van der Waals surface area contributed by atoms with Crippen LogP contribution in [-0.4, -0.2) is 25.0 Å². The van der Waals surface area contributed by atoms with Crippen molar-refractivity contribution in [1.82, 2.24) is 5.32 Å². The molecule has 0 saturated heterocycles. The third kappa shape index (κ3) is 2.88. The van der Waals surface area contributed by atoms with E-state index in [0.29, 0.717) is 17.0 Å². The van der Waals surface area contributed by atoms with Gasteiger partial charge in [0.05, 0.1) is 12.7 Å². The lowest BCUT2D eigenvalue weighted by atomic mass is 10.1. The Kier molecular flexibility index (Phi) is 3.65. The Morgan fingerprint density at radius 3 is 2.28 bits per heavy atom. The number of carbonyl (C=O) groups excluding carboxylic acids is 2. The highest BCUT2D eigenvalue weighted by Crippen LogP contribution is 2.32. The summed E-state index contributed by atoms with van der Waals surface area (Å²) in [6.07, 6.45) is 2.39. The second-order valence-corrected chi connectivity index (χ2v) is 4.67. The molecule has 0 heterocycles. The summed E-state index contributed by atoms with van der Waals surface area (Å²) in [5.41, 5.74) is 1.01. The number of benzene rings is 1. The van der Waals surface area contributed by atoms with Crippen molar-refractivity contribution in [3.05, 3.63) is 35.4 Å². The minimum absolute atomic E-state index is 0.0918. The molecule has 1 aliphatic carbocycles. The summed E-state index contributed by atoms with van der Waals surface area (Å²) >= 11 is 0. The van der Waals surface area contributed by atoms with E-state index in [4.69, 9.17) is 0 Å². The Balaban J connectivity index is 1.99. The molecule has 96 valence electrons. The summed E-state index contributed by atoms with van der Waals surface area (Å²) < 4.78 is 4.60. The molecule has 1 aromatic carbocycles. The second-order valence-electron chi connectivity index (χ2n) is 4.67. The largest absolute Gasteiger partial charge is 0.465 e. The standard InChI is InChI=1S/C14H17NO3/c1-9(10-3-4-10)15-13(16)11-5-7-12(8-6-11)14(17)18-2/h5-10H,3-4H2,1-2H3,(H,15,16). The fourth-order valence-corrected chi connectivity index (χ4v) is 1.88. The Hall–Kier alpha value is -1.84. The van der Waals surface area contributed by atoms with Crippen LogP contribution in [0.2, 0.25) is 0 Å². The summed E-state index contributed by atoms with van der Waals surface area (Å²) in [5, 5.41) is 2.97. The highest BCUT2D eigenvalue weighted by Gasteiger charge is 2.29. The van der Waals surface area contributed by atoms with Gasteiger partial charge in [-0.05, 0) is 49.9 Å². The molecule has 4 heteroatoms. The third-order valence-corrected chi connectivity index (χ3v) is 3.26. The number of nitrogens with one attached hydrogen (secondary N) is 1. The van der Waals surface area contributed by atoms with Crippen molar-refractivity contribution in [3.8, 4) is 0 Å². The summed E-state index contributed by atoms with van der Waals surface area (Å²) in [7, 11) is 1.33. The van der Waals surface area contributed by atoms with Gasteiger partial charge in [0, 0.05) is 11.6 Å². The Morgan fingerprint density at radius 1 is 1.22 bits per heavy atom. The monoisotopic (exact) mass is 247 g/mol. The number of hydrogen-bond acceptors (Lipinski definition) is 3. The van der Waals surface area contributed by atoms with Crippen molar-refractivity contribution in [3.63, 3.8) is 0 Å². The van der Waals surface area contributed by atoms with E-state index >= 15 is 0 Å².